The standard InChI is InChI=1S/C15H26/c1-4-13(3)7-6-8-15-11-9-14(5-2)10-12-15/h9,11-14H,4-8,10H2,1-3H3. The first-order valence-electron chi connectivity index (χ1n) is 6.63. The molecule has 0 nitrogen and oxygen atoms in total. The van der Waals surface area contributed by atoms with E-state index in [1.165, 1.54) is 38.5 Å². The molecule has 0 N–H and O–H groups in total. The van der Waals surface area contributed by atoms with E-state index in [1.54, 1.807) is 5.57 Å². The molecule has 15 heavy (non-hydrogen) atoms. The fourth-order valence-electron chi connectivity index (χ4n) is 2.06. The Morgan fingerprint density at radius 3 is 2.73 bits per heavy atom. The van der Waals surface area contributed by atoms with Crippen LogP contribution in [0.2, 0.25) is 0 Å². The van der Waals surface area contributed by atoms with Crippen LogP contribution in [0, 0.1) is 11.8 Å². The first kappa shape index (κ1) is 12.5. The van der Waals surface area contributed by atoms with E-state index in [1.807, 2.05) is 0 Å². The summed E-state index contributed by atoms with van der Waals surface area (Å²) in [6.07, 6.45) is 15.1. The fourth-order valence-corrected chi connectivity index (χ4v) is 2.06. The van der Waals surface area contributed by atoms with Crippen molar-refractivity contribution in [1.29, 1.82) is 0 Å². The molecule has 0 aliphatic heterocycles. The van der Waals surface area contributed by atoms with Gasteiger partial charge in [-0.3, -0.25) is 0 Å². The molecule has 0 spiro atoms. The van der Waals surface area contributed by atoms with Crippen molar-refractivity contribution in [2.75, 3.05) is 0 Å². The normalized spacial score (nSPS) is 22.6. The number of hydrogen-bond donors (Lipinski definition) is 0. The Balaban J connectivity index is 2.18. The second-order valence-electron chi connectivity index (χ2n) is 4.95. The van der Waals surface area contributed by atoms with Crippen LogP contribution in [0.4, 0.5) is 0 Å². The van der Waals surface area contributed by atoms with Gasteiger partial charge in [0.05, 0.1) is 0 Å². The summed E-state index contributed by atoms with van der Waals surface area (Å²) in [6.45, 7) is 6.92. The molecule has 1 aliphatic rings. The monoisotopic (exact) mass is 206 g/mol. The molecule has 2 unspecified atom stereocenters. The summed E-state index contributed by atoms with van der Waals surface area (Å²) in [4.78, 5) is 0. The van der Waals surface area contributed by atoms with E-state index in [4.69, 9.17) is 0 Å². The van der Waals surface area contributed by atoms with Crippen molar-refractivity contribution in [3.05, 3.63) is 23.8 Å². The summed E-state index contributed by atoms with van der Waals surface area (Å²) in [6, 6.07) is 0. The zero-order valence-corrected chi connectivity index (χ0v) is 10.6. The Hall–Kier alpha value is -0.520. The summed E-state index contributed by atoms with van der Waals surface area (Å²) in [5, 5.41) is 0. The van der Waals surface area contributed by atoms with E-state index in [0.29, 0.717) is 0 Å². The van der Waals surface area contributed by atoms with Gasteiger partial charge in [-0.2, -0.15) is 0 Å². The number of rotatable bonds is 6. The molecule has 86 valence electrons. The summed E-state index contributed by atoms with van der Waals surface area (Å²) in [7, 11) is 0. The van der Waals surface area contributed by atoms with Crippen molar-refractivity contribution in [2.45, 2.75) is 59.3 Å². The molecule has 0 saturated heterocycles. The molecular formula is C15H26. The summed E-state index contributed by atoms with van der Waals surface area (Å²) in [5.74, 6) is 1.71. The first-order chi connectivity index (χ1) is 7.26. The molecule has 0 aromatic rings. The third-order valence-electron chi connectivity index (χ3n) is 3.65. The maximum absolute atomic E-state index is 2.45. The highest BCUT2D eigenvalue weighted by molar-refractivity contribution is 5.23. The molecule has 0 radical (unpaired) electrons. The molecule has 0 aromatic carbocycles. The van der Waals surface area contributed by atoms with E-state index < -0.39 is 0 Å². The lowest BCUT2D eigenvalue weighted by molar-refractivity contribution is 0.495. The molecule has 0 amide bonds. The first-order valence-corrected chi connectivity index (χ1v) is 6.63. The average Bonchev–Trinajstić information content (AvgIpc) is 2.29. The van der Waals surface area contributed by atoms with Crippen LogP contribution in [-0.4, -0.2) is 0 Å². The maximum atomic E-state index is 2.45. The van der Waals surface area contributed by atoms with Crippen LogP contribution in [0.25, 0.3) is 0 Å². The number of hydrogen-bond acceptors (Lipinski definition) is 0. The van der Waals surface area contributed by atoms with Crippen molar-refractivity contribution in [2.24, 2.45) is 11.8 Å². The van der Waals surface area contributed by atoms with Crippen molar-refractivity contribution >= 4 is 0 Å². The van der Waals surface area contributed by atoms with Gasteiger partial charge in [0.1, 0.15) is 0 Å². The molecular weight excluding hydrogens is 180 g/mol. The highest BCUT2D eigenvalue weighted by atomic mass is 14.1. The van der Waals surface area contributed by atoms with Gasteiger partial charge in [0, 0.05) is 0 Å². The number of allylic oxidation sites excluding steroid dienone is 4. The minimum absolute atomic E-state index is 0.809. The smallest absolute Gasteiger partial charge is 0.0198 e. The summed E-state index contributed by atoms with van der Waals surface area (Å²) in [5.41, 5.74) is 1.57. The average molecular weight is 206 g/mol. The molecule has 0 heteroatoms. The predicted molar refractivity (Wildman–Crippen MR) is 68.9 cm³/mol. The van der Waals surface area contributed by atoms with Crippen LogP contribution >= 0.6 is 0 Å². The Kier molecular flexibility index (Phi) is 5.75. The van der Waals surface area contributed by atoms with Crippen LogP contribution < -0.4 is 0 Å². The van der Waals surface area contributed by atoms with Gasteiger partial charge in [0.25, 0.3) is 0 Å². The topological polar surface area (TPSA) is 0 Å². The van der Waals surface area contributed by atoms with E-state index in [9.17, 15) is 0 Å². The SMILES string of the molecule is CCC(C)CCCC1=CCC(CC)C=C1. The van der Waals surface area contributed by atoms with Crippen LogP contribution in [-0.2, 0) is 0 Å². The predicted octanol–water partition coefficient (Wildman–Crippen LogP) is 5.12. The zero-order valence-electron chi connectivity index (χ0n) is 10.6. The molecule has 1 aliphatic carbocycles. The van der Waals surface area contributed by atoms with Crippen LogP contribution in [0.15, 0.2) is 23.8 Å². The van der Waals surface area contributed by atoms with Crippen LogP contribution in [0.1, 0.15) is 59.3 Å². The minimum Gasteiger partial charge on any atom is -0.0809 e. The van der Waals surface area contributed by atoms with Gasteiger partial charge >= 0.3 is 0 Å². The Morgan fingerprint density at radius 2 is 2.20 bits per heavy atom. The van der Waals surface area contributed by atoms with Gasteiger partial charge in [0.2, 0.25) is 0 Å². The fraction of sp³-hybridized carbons (Fsp3) is 0.733. The zero-order chi connectivity index (χ0) is 11.1. The summed E-state index contributed by atoms with van der Waals surface area (Å²) < 4.78 is 0. The van der Waals surface area contributed by atoms with Gasteiger partial charge in [0.15, 0.2) is 0 Å². The van der Waals surface area contributed by atoms with Gasteiger partial charge in [-0.25, -0.2) is 0 Å². The quantitative estimate of drug-likeness (QED) is 0.566. The molecule has 2 atom stereocenters. The molecule has 1 rings (SSSR count). The van der Waals surface area contributed by atoms with E-state index in [2.05, 4.69) is 39.0 Å². The van der Waals surface area contributed by atoms with Crippen molar-refractivity contribution < 1.29 is 0 Å². The Morgan fingerprint density at radius 1 is 1.40 bits per heavy atom. The third kappa shape index (κ3) is 4.68. The van der Waals surface area contributed by atoms with E-state index in [-0.39, 0.29) is 0 Å². The van der Waals surface area contributed by atoms with Crippen molar-refractivity contribution in [3.8, 4) is 0 Å². The largest absolute Gasteiger partial charge is 0.0809 e. The molecule has 0 fully saturated rings. The van der Waals surface area contributed by atoms with Gasteiger partial charge in [-0.1, -0.05) is 57.4 Å². The Bertz CT molecular complexity index is 222. The van der Waals surface area contributed by atoms with E-state index >= 15 is 0 Å². The van der Waals surface area contributed by atoms with Gasteiger partial charge < -0.3 is 0 Å². The maximum Gasteiger partial charge on any atom is -0.0198 e. The highest BCUT2D eigenvalue weighted by Crippen LogP contribution is 2.23. The van der Waals surface area contributed by atoms with Crippen molar-refractivity contribution in [3.63, 3.8) is 0 Å². The van der Waals surface area contributed by atoms with Gasteiger partial charge in [-0.05, 0) is 37.5 Å². The molecule has 0 saturated carbocycles. The second-order valence-corrected chi connectivity index (χ2v) is 4.95. The van der Waals surface area contributed by atoms with Crippen LogP contribution in [0.3, 0.4) is 0 Å². The van der Waals surface area contributed by atoms with E-state index in [0.717, 1.165) is 11.8 Å². The van der Waals surface area contributed by atoms with Gasteiger partial charge in [-0.15, -0.1) is 0 Å². The van der Waals surface area contributed by atoms with Crippen LogP contribution in [0.5, 0.6) is 0 Å². The third-order valence-corrected chi connectivity index (χ3v) is 3.65. The lowest BCUT2D eigenvalue weighted by Gasteiger charge is -2.14. The second kappa shape index (κ2) is 6.87. The van der Waals surface area contributed by atoms with Crippen molar-refractivity contribution in [1.82, 2.24) is 0 Å². The molecule has 0 aromatic heterocycles. The molecule has 0 heterocycles. The highest BCUT2D eigenvalue weighted by Gasteiger charge is 2.06. The summed E-state index contributed by atoms with van der Waals surface area (Å²) >= 11 is 0. The lowest BCUT2D eigenvalue weighted by atomic mass is 9.91. The Labute approximate surface area is 95.5 Å². The molecule has 0 bridgehead atoms. The lowest BCUT2D eigenvalue weighted by Crippen LogP contribution is -1.99. The minimum atomic E-state index is 0.809.